The zero-order valence-corrected chi connectivity index (χ0v) is 11.4. The van der Waals surface area contributed by atoms with Crippen LogP contribution in [0.3, 0.4) is 0 Å². The summed E-state index contributed by atoms with van der Waals surface area (Å²) < 4.78 is 178. The fraction of sp³-hybridized carbons (Fsp3) is 0.875. The molecule has 0 radical (unpaired) electrons. The molecule has 0 atom stereocenters. The molecule has 0 aliphatic carbocycles. The van der Waals surface area contributed by atoms with Crippen LogP contribution in [0.4, 0.5) is 61.5 Å². The molecule has 0 fully saturated rings. The van der Waals surface area contributed by atoms with E-state index in [4.69, 9.17) is 0 Å². The van der Waals surface area contributed by atoms with Gasteiger partial charge in [-0.05, 0) is 11.6 Å². The third kappa shape index (κ3) is 2.85. The molecule has 150 valence electrons. The number of primary amides is 1. The second-order valence-electron chi connectivity index (χ2n) is 4.31. The molecule has 2 N–H and O–H groups in total. The van der Waals surface area contributed by atoms with Crippen molar-refractivity contribution in [2.75, 3.05) is 0 Å². The molecule has 0 bridgehead atoms. The first-order valence-electron chi connectivity index (χ1n) is 5.08. The van der Waals surface area contributed by atoms with E-state index in [0.717, 1.165) is 0 Å². The molecule has 0 unspecified atom stereocenters. The highest BCUT2D eigenvalue weighted by molar-refractivity contribution is 6.22. The summed E-state index contributed by atoms with van der Waals surface area (Å²) in [6.45, 7) is 0. The van der Waals surface area contributed by atoms with Gasteiger partial charge in [0.25, 0.3) is 5.91 Å². The van der Waals surface area contributed by atoms with Crippen molar-refractivity contribution < 1.29 is 66.3 Å². The fourth-order valence-corrected chi connectivity index (χ4v) is 1.24. The number of hydrogen-bond acceptors (Lipinski definition) is 1. The number of halogens is 15. The number of carbonyl (C=O) groups is 1. The lowest BCUT2D eigenvalue weighted by molar-refractivity contribution is -0.431. The molecule has 0 aromatic heterocycles. The molecule has 0 heterocycles. The summed E-state index contributed by atoms with van der Waals surface area (Å²) in [5.74, 6) is -50.6. The number of hydrogen-bond donors (Lipinski definition) is 1. The molecule has 0 aliphatic rings. The van der Waals surface area contributed by atoms with Gasteiger partial charge in [0.2, 0.25) is 0 Å². The molecule has 17 heteroatoms. The number of amides is 1. The van der Waals surface area contributed by atoms with Crippen LogP contribution in [0.1, 0.15) is 0 Å². The highest BCUT2D eigenvalue weighted by Crippen LogP contribution is 2.62. The molecule has 25 heavy (non-hydrogen) atoms. The predicted octanol–water partition coefficient (Wildman–Crippen LogP) is 4.12. The van der Waals surface area contributed by atoms with E-state index in [2.05, 4.69) is 17.3 Å². The van der Waals surface area contributed by atoms with Gasteiger partial charge in [0.05, 0.1) is 0 Å². The van der Waals surface area contributed by atoms with Gasteiger partial charge in [-0.2, -0.15) is 61.5 Å². The normalized spacial score (nSPS) is 16.1. The quantitative estimate of drug-likeness (QED) is 0.480. The van der Waals surface area contributed by atoms with Crippen LogP contribution in [0, 0.1) is 0 Å². The number of nitrogens with two attached hydrogens (primary N) is 1. The third-order valence-corrected chi connectivity index (χ3v) is 2.87. The van der Waals surface area contributed by atoms with E-state index in [0.29, 0.717) is 0 Å². The fourth-order valence-electron chi connectivity index (χ4n) is 1.12. The Balaban J connectivity index is 6.55. The second kappa shape index (κ2) is 5.64. The minimum Gasteiger partial charge on any atom is -0.364 e. The summed E-state index contributed by atoms with van der Waals surface area (Å²) in [5, 5.41) is -6.70. The predicted molar refractivity (Wildman–Crippen MR) is 49.7 cm³/mol. The van der Waals surface area contributed by atoms with E-state index in [1.807, 2.05) is 0 Å². The molecule has 2 nitrogen and oxygen atoms in total. The molecule has 0 saturated heterocycles. The summed E-state index contributed by atoms with van der Waals surface area (Å²) in [6, 6.07) is 0. The van der Waals surface area contributed by atoms with E-state index >= 15 is 0 Å². The summed E-state index contributed by atoms with van der Waals surface area (Å²) in [7, 11) is 0. The van der Waals surface area contributed by atoms with Gasteiger partial charge in [-0.25, -0.2) is 0 Å². The Labute approximate surface area is 131 Å². The van der Waals surface area contributed by atoms with Crippen molar-refractivity contribution in [3.8, 4) is 0 Å². The van der Waals surface area contributed by atoms with E-state index in [1.54, 1.807) is 0 Å². The Morgan fingerprint density at radius 3 is 1.04 bits per heavy atom. The van der Waals surface area contributed by atoms with Crippen LogP contribution < -0.4 is 5.73 Å². The number of rotatable bonds is 7. The average Bonchev–Trinajstić information content (AvgIpc) is 2.35. The molecule has 1 amide bonds. The average molecular weight is 430 g/mol. The van der Waals surface area contributed by atoms with Crippen molar-refractivity contribution in [2.45, 2.75) is 40.9 Å². The molecule has 0 aliphatic heterocycles. The zero-order chi connectivity index (χ0) is 21.1. The molecular formula is C8H2ClF14NO. The third-order valence-electron chi connectivity index (χ3n) is 2.64. The van der Waals surface area contributed by atoms with Crippen molar-refractivity contribution in [1.82, 2.24) is 0 Å². The minimum absolute atomic E-state index is 3.37. The van der Waals surface area contributed by atoms with Crippen LogP contribution in [0.2, 0.25) is 0 Å². The van der Waals surface area contributed by atoms with Gasteiger partial charge in [0.1, 0.15) is 0 Å². The second-order valence-corrected chi connectivity index (χ2v) is 4.78. The van der Waals surface area contributed by atoms with Crippen LogP contribution in [0.5, 0.6) is 0 Å². The zero-order valence-electron chi connectivity index (χ0n) is 10.7. The van der Waals surface area contributed by atoms with Crippen molar-refractivity contribution >= 4 is 17.5 Å². The highest BCUT2D eigenvalue weighted by atomic mass is 35.5. The van der Waals surface area contributed by atoms with Crippen LogP contribution in [-0.2, 0) is 4.79 Å². The Morgan fingerprint density at radius 2 is 0.800 bits per heavy atom. The van der Waals surface area contributed by atoms with E-state index < -0.39 is 46.8 Å². The van der Waals surface area contributed by atoms with Crippen LogP contribution >= 0.6 is 11.6 Å². The maximum Gasteiger partial charge on any atom is 0.393 e. The van der Waals surface area contributed by atoms with Gasteiger partial charge in [0, 0.05) is 0 Å². The van der Waals surface area contributed by atoms with Gasteiger partial charge in [-0.3, -0.25) is 4.79 Å². The number of carbonyl (C=O) groups excluding carboxylic acids is 1. The minimum atomic E-state index is -8.26. The summed E-state index contributed by atoms with van der Waals surface area (Å²) >= 11 is 3.37. The van der Waals surface area contributed by atoms with Crippen molar-refractivity contribution in [2.24, 2.45) is 5.73 Å². The lowest BCUT2D eigenvalue weighted by Crippen LogP contribution is -2.73. The maximum atomic E-state index is 13.0. The molecule has 0 spiro atoms. The van der Waals surface area contributed by atoms with E-state index in [1.165, 1.54) is 0 Å². The van der Waals surface area contributed by atoms with Crippen LogP contribution in [0.15, 0.2) is 0 Å². The molecule has 0 saturated carbocycles. The van der Waals surface area contributed by atoms with Gasteiger partial charge in [-0.15, -0.1) is 0 Å². The standard InChI is InChI=1S/C8H2ClF14NO/c9-8(22,23)7(20,21)6(18,19)5(16,17)4(14,15)3(12,13)2(10,11)1(24)25/h(H2,24,25). The first-order valence-corrected chi connectivity index (χ1v) is 5.46. The number of alkyl halides is 15. The summed E-state index contributed by atoms with van der Waals surface area (Å²) in [6.07, 6.45) is 0. The van der Waals surface area contributed by atoms with Crippen molar-refractivity contribution in [3.05, 3.63) is 0 Å². The molecule has 0 aromatic carbocycles. The monoisotopic (exact) mass is 429 g/mol. The first kappa shape index (κ1) is 23.8. The largest absolute Gasteiger partial charge is 0.393 e. The smallest absolute Gasteiger partial charge is 0.364 e. The highest BCUT2D eigenvalue weighted by Gasteiger charge is 2.93. The lowest BCUT2D eigenvalue weighted by Gasteiger charge is -2.41. The van der Waals surface area contributed by atoms with Gasteiger partial charge in [-0.1, -0.05) is 0 Å². The van der Waals surface area contributed by atoms with Crippen molar-refractivity contribution in [1.29, 1.82) is 0 Å². The lowest BCUT2D eigenvalue weighted by atomic mass is 9.91. The van der Waals surface area contributed by atoms with E-state index in [9.17, 15) is 66.3 Å². The Morgan fingerprint density at radius 1 is 0.560 bits per heavy atom. The first-order chi connectivity index (χ1) is 10.4. The summed E-state index contributed by atoms with van der Waals surface area (Å²) in [4.78, 5) is 9.98. The maximum absolute atomic E-state index is 13.0. The topological polar surface area (TPSA) is 43.1 Å². The van der Waals surface area contributed by atoms with Gasteiger partial charge < -0.3 is 5.73 Å². The Kier molecular flexibility index (Phi) is 5.36. The molecular weight excluding hydrogens is 428 g/mol. The van der Waals surface area contributed by atoms with Gasteiger partial charge in [0.15, 0.2) is 0 Å². The summed E-state index contributed by atoms with van der Waals surface area (Å²) in [5.41, 5.74) is 3.54. The van der Waals surface area contributed by atoms with E-state index in [-0.39, 0.29) is 0 Å². The van der Waals surface area contributed by atoms with Crippen molar-refractivity contribution in [3.63, 3.8) is 0 Å². The molecule has 0 rings (SSSR count). The molecule has 0 aromatic rings. The Hall–Kier alpha value is -1.22. The van der Waals surface area contributed by atoms with Crippen LogP contribution in [0.25, 0.3) is 0 Å². The Bertz CT molecular complexity index is 537. The van der Waals surface area contributed by atoms with Gasteiger partial charge >= 0.3 is 40.9 Å². The SMILES string of the molecule is NC(=O)C(F)(F)C(F)(F)C(F)(F)C(F)(F)C(F)(F)C(F)(F)C(F)(F)Cl. The van der Waals surface area contributed by atoms with Crippen LogP contribution in [-0.4, -0.2) is 46.8 Å².